The van der Waals surface area contributed by atoms with Crippen LogP contribution in [-0.4, -0.2) is 17.5 Å². The van der Waals surface area contributed by atoms with E-state index < -0.39 is 0 Å². The zero-order valence-electron chi connectivity index (χ0n) is 9.00. The summed E-state index contributed by atoms with van der Waals surface area (Å²) in [7, 11) is 0. The molecular weight excluding hydrogens is 192 g/mol. The molecular formula is C11H18N2S. The Bertz CT molecular complexity index is 297. The fourth-order valence-electron chi connectivity index (χ4n) is 1.04. The molecule has 1 aromatic carbocycles. The third-order valence-corrected chi connectivity index (χ3v) is 3.47. The van der Waals surface area contributed by atoms with Crippen LogP contribution >= 0.6 is 11.8 Å². The number of hydrogen-bond acceptors (Lipinski definition) is 3. The number of nitrogen functional groups attached to an aromatic ring is 1. The first-order chi connectivity index (χ1) is 6.55. The molecule has 0 radical (unpaired) electrons. The summed E-state index contributed by atoms with van der Waals surface area (Å²) >= 11 is 1.85. The summed E-state index contributed by atoms with van der Waals surface area (Å²) in [5.41, 5.74) is 7.65. The Balaban J connectivity index is 2.58. The smallest absolute Gasteiger partial charge is 0.0574 e. The number of nitrogens with one attached hydrogen (secondary N) is 1. The van der Waals surface area contributed by atoms with E-state index in [2.05, 4.69) is 25.4 Å². The lowest BCUT2D eigenvalue weighted by Crippen LogP contribution is -2.26. The summed E-state index contributed by atoms with van der Waals surface area (Å²) in [6.45, 7) is 5.34. The molecule has 1 aromatic rings. The van der Waals surface area contributed by atoms with E-state index in [4.69, 9.17) is 5.73 Å². The van der Waals surface area contributed by atoms with Gasteiger partial charge >= 0.3 is 0 Å². The Labute approximate surface area is 90.3 Å². The van der Waals surface area contributed by atoms with Crippen LogP contribution in [0.2, 0.25) is 0 Å². The standard InChI is InChI=1S/C11H18N2S/c1-11(2,14-3)8-13-10-7-5-4-6-9(10)12/h4-7,13H,8,12H2,1-3H3. The van der Waals surface area contributed by atoms with E-state index in [0.717, 1.165) is 17.9 Å². The highest BCUT2D eigenvalue weighted by molar-refractivity contribution is 7.99. The molecule has 0 heterocycles. The summed E-state index contributed by atoms with van der Waals surface area (Å²) < 4.78 is 0.238. The van der Waals surface area contributed by atoms with Crippen LogP contribution in [0.1, 0.15) is 13.8 Å². The summed E-state index contributed by atoms with van der Waals surface area (Å²) in [4.78, 5) is 0. The van der Waals surface area contributed by atoms with Crippen molar-refractivity contribution in [3.63, 3.8) is 0 Å². The van der Waals surface area contributed by atoms with Gasteiger partial charge in [-0.05, 0) is 32.2 Å². The van der Waals surface area contributed by atoms with Gasteiger partial charge in [-0.3, -0.25) is 0 Å². The predicted octanol–water partition coefficient (Wildman–Crippen LogP) is 2.82. The van der Waals surface area contributed by atoms with Crippen molar-refractivity contribution in [1.82, 2.24) is 0 Å². The highest BCUT2D eigenvalue weighted by Gasteiger charge is 2.15. The second-order valence-electron chi connectivity index (χ2n) is 3.90. The van der Waals surface area contributed by atoms with E-state index in [1.165, 1.54) is 0 Å². The molecule has 14 heavy (non-hydrogen) atoms. The van der Waals surface area contributed by atoms with Crippen molar-refractivity contribution in [3.8, 4) is 0 Å². The second kappa shape index (κ2) is 4.60. The minimum atomic E-state index is 0.238. The molecule has 78 valence electrons. The first kappa shape index (κ1) is 11.2. The number of para-hydroxylation sites is 2. The normalized spacial score (nSPS) is 11.4. The van der Waals surface area contributed by atoms with Gasteiger partial charge in [-0.25, -0.2) is 0 Å². The minimum absolute atomic E-state index is 0.238. The molecule has 0 spiro atoms. The van der Waals surface area contributed by atoms with Gasteiger partial charge in [0.05, 0.1) is 11.4 Å². The Kier molecular flexibility index (Phi) is 3.69. The van der Waals surface area contributed by atoms with Crippen LogP contribution < -0.4 is 11.1 Å². The third kappa shape index (κ3) is 3.14. The van der Waals surface area contributed by atoms with Crippen molar-refractivity contribution in [2.45, 2.75) is 18.6 Å². The lowest BCUT2D eigenvalue weighted by Gasteiger charge is -2.23. The quantitative estimate of drug-likeness (QED) is 0.750. The van der Waals surface area contributed by atoms with E-state index in [-0.39, 0.29) is 4.75 Å². The zero-order valence-corrected chi connectivity index (χ0v) is 9.82. The SMILES string of the molecule is CSC(C)(C)CNc1ccccc1N. The van der Waals surface area contributed by atoms with Gasteiger partial charge in [0.2, 0.25) is 0 Å². The monoisotopic (exact) mass is 210 g/mol. The molecule has 0 fully saturated rings. The summed E-state index contributed by atoms with van der Waals surface area (Å²) in [5, 5.41) is 3.36. The third-order valence-electron chi connectivity index (χ3n) is 2.22. The first-order valence-electron chi connectivity index (χ1n) is 4.69. The minimum Gasteiger partial charge on any atom is -0.397 e. The summed E-state index contributed by atoms with van der Waals surface area (Å²) in [6.07, 6.45) is 2.12. The molecule has 0 aliphatic carbocycles. The van der Waals surface area contributed by atoms with Crippen LogP contribution in [0, 0.1) is 0 Å². The summed E-state index contributed by atoms with van der Waals surface area (Å²) in [6, 6.07) is 7.85. The number of hydrogen-bond donors (Lipinski definition) is 2. The number of nitrogens with two attached hydrogens (primary N) is 1. The largest absolute Gasteiger partial charge is 0.397 e. The molecule has 0 amide bonds. The molecule has 0 saturated carbocycles. The van der Waals surface area contributed by atoms with Crippen LogP contribution in [0.3, 0.4) is 0 Å². The first-order valence-corrected chi connectivity index (χ1v) is 5.91. The lowest BCUT2D eigenvalue weighted by molar-refractivity contribution is 0.753. The molecule has 0 aromatic heterocycles. The van der Waals surface area contributed by atoms with Gasteiger partial charge in [-0.15, -0.1) is 0 Å². The average Bonchev–Trinajstić information content (AvgIpc) is 2.17. The second-order valence-corrected chi connectivity index (χ2v) is 5.42. The van der Waals surface area contributed by atoms with E-state index in [1.54, 1.807) is 0 Å². The van der Waals surface area contributed by atoms with Gasteiger partial charge in [-0.1, -0.05) is 12.1 Å². The van der Waals surface area contributed by atoms with E-state index >= 15 is 0 Å². The van der Waals surface area contributed by atoms with E-state index in [0.29, 0.717) is 0 Å². The van der Waals surface area contributed by atoms with Crippen LogP contribution in [0.4, 0.5) is 11.4 Å². The van der Waals surface area contributed by atoms with Gasteiger partial charge in [0.15, 0.2) is 0 Å². The van der Waals surface area contributed by atoms with Crippen LogP contribution in [0.15, 0.2) is 24.3 Å². The predicted molar refractivity (Wildman–Crippen MR) is 66.9 cm³/mol. The van der Waals surface area contributed by atoms with Gasteiger partial charge in [0.25, 0.3) is 0 Å². The van der Waals surface area contributed by atoms with Crippen molar-refractivity contribution in [2.24, 2.45) is 0 Å². The van der Waals surface area contributed by atoms with Gasteiger partial charge < -0.3 is 11.1 Å². The van der Waals surface area contributed by atoms with Crippen molar-refractivity contribution in [1.29, 1.82) is 0 Å². The fourth-order valence-corrected chi connectivity index (χ4v) is 1.25. The molecule has 0 saturated heterocycles. The molecule has 0 unspecified atom stereocenters. The van der Waals surface area contributed by atoms with E-state index in [9.17, 15) is 0 Å². The van der Waals surface area contributed by atoms with Gasteiger partial charge in [-0.2, -0.15) is 11.8 Å². The highest BCUT2D eigenvalue weighted by Crippen LogP contribution is 2.23. The molecule has 3 N–H and O–H groups in total. The number of benzene rings is 1. The Hall–Kier alpha value is -0.830. The average molecular weight is 210 g/mol. The fraction of sp³-hybridized carbons (Fsp3) is 0.455. The van der Waals surface area contributed by atoms with Gasteiger partial charge in [0.1, 0.15) is 0 Å². The van der Waals surface area contributed by atoms with Crippen molar-refractivity contribution in [3.05, 3.63) is 24.3 Å². The van der Waals surface area contributed by atoms with Crippen molar-refractivity contribution in [2.75, 3.05) is 23.9 Å². The molecule has 0 aliphatic rings. The molecule has 1 rings (SSSR count). The van der Waals surface area contributed by atoms with Crippen molar-refractivity contribution >= 4 is 23.1 Å². The lowest BCUT2D eigenvalue weighted by atomic mass is 10.2. The molecule has 0 bridgehead atoms. The van der Waals surface area contributed by atoms with Crippen molar-refractivity contribution < 1.29 is 0 Å². The molecule has 3 heteroatoms. The molecule has 2 nitrogen and oxygen atoms in total. The van der Waals surface area contributed by atoms with Crippen LogP contribution in [0.25, 0.3) is 0 Å². The molecule has 0 aliphatic heterocycles. The van der Waals surface area contributed by atoms with E-state index in [1.807, 2.05) is 36.0 Å². The van der Waals surface area contributed by atoms with Gasteiger partial charge in [0, 0.05) is 11.3 Å². The Morgan fingerprint density at radius 2 is 2.00 bits per heavy atom. The number of thioether (sulfide) groups is 1. The highest BCUT2D eigenvalue weighted by atomic mass is 32.2. The maximum atomic E-state index is 5.82. The number of rotatable bonds is 4. The zero-order chi connectivity index (χ0) is 10.6. The maximum Gasteiger partial charge on any atom is 0.0574 e. The summed E-state index contributed by atoms with van der Waals surface area (Å²) in [5.74, 6) is 0. The number of anilines is 2. The molecule has 0 atom stereocenters. The topological polar surface area (TPSA) is 38.0 Å². The van der Waals surface area contributed by atoms with Crippen LogP contribution in [0.5, 0.6) is 0 Å². The van der Waals surface area contributed by atoms with Crippen LogP contribution in [-0.2, 0) is 0 Å². The maximum absolute atomic E-state index is 5.82. The Morgan fingerprint density at radius 3 is 2.57 bits per heavy atom. The Morgan fingerprint density at radius 1 is 1.36 bits per heavy atom.